The van der Waals surface area contributed by atoms with Gasteiger partial charge in [0.25, 0.3) is 11.8 Å². The summed E-state index contributed by atoms with van der Waals surface area (Å²) in [5, 5.41) is 6.09. The van der Waals surface area contributed by atoms with Gasteiger partial charge in [-0.15, -0.1) is 0 Å². The van der Waals surface area contributed by atoms with Gasteiger partial charge in [0.2, 0.25) is 0 Å². The molecular formula is C27H34N4O2. The van der Waals surface area contributed by atoms with Gasteiger partial charge in [0, 0.05) is 36.1 Å². The molecule has 4 N–H and O–H groups in total. The summed E-state index contributed by atoms with van der Waals surface area (Å²) in [6.45, 7) is 12.1. The molecule has 2 aromatic carbocycles. The van der Waals surface area contributed by atoms with Crippen LogP contribution in [0.25, 0.3) is 5.70 Å². The van der Waals surface area contributed by atoms with E-state index in [9.17, 15) is 9.59 Å². The first-order valence-electron chi connectivity index (χ1n) is 11.2. The summed E-state index contributed by atoms with van der Waals surface area (Å²) in [4.78, 5) is 26.8. The summed E-state index contributed by atoms with van der Waals surface area (Å²) >= 11 is 0. The standard InChI is InChI=1S/C27H34N4O2/c1-17-22(23(28)16-31(6)26(33)18(2)29-21-14-15-21)8-7-9-24(17)30-25(32)19-10-12-20(13-11-19)27(3,4)5/h7-13,16,21,29H,2,14-15,28H2,1,3-6H3,(H,30,32)/b23-16-. The summed E-state index contributed by atoms with van der Waals surface area (Å²) in [5.41, 5.74) is 11.1. The molecule has 6 heteroatoms. The Morgan fingerprint density at radius 3 is 2.33 bits per heavy atom. The van der Waals surface area contributed by atoms with Crippen LogP contribution in [-0.2, 0) is 10.2 Å². The summed E-state index contributed by atoms with van der Waals surface area (Å²) in [6.07, 6.45) is 3.71. The van der Waals surface area contributed by atoms with Crippen molar-refractivity contribution >= 4 is 23.2 Å². The third-order valence-electron chi connectivity index (χ3n) is 5.77. The smallest absolute Gasteiger partial charge is 0.273 e. The first-order valence-corrected chi connectivity index (χ1v) is 11.2. The molecule has 2 aromatic rings. The van der Waals surface area contributed by atoms with E-state index in [0.29, 0.717) is 28.7 Å². The van der Waals surface area contributed by atoms with E-state index in [2.05, 4.69) is 38.0 Å². The molecule has 0 heterocycles. The minimum atomic E-state index is -0.231. The fraction of sp³-hybridized carbons (Fsp3) is 0.333. The van der Waals surface area contributed by atoms with Gasteiger partial charge in [-0.1, -0.05) is 51.6 Å². The number of nitrogens with zero attached hydrogens (tertiary/aromatic N) is 1. The van der Waals surface area contributed by atoms with Gasteiger partial charge in [0.15, 0.2) is 0 Å². The molecule has 33 heavy (non-hydrogen) atoms. The topological polar surface area (TPSA) is 87.5 Å². The number of likely N-dealkylation sites (N-methyl/N-ethyl adjacent to an activating group) is 1. The molecule has 174 valence electrons. The first kappa shape index (κ1) is 24.1. The van der Waals surface area contributed by atoms with Crippen molar-refractivity contribution in [2.75, 3.05) is 12.4 Å². The Kier molecular flexibility index (Phi) is 6.96. The van der Waals surface area contributed by atoms with Crippen LogP contribution in [0.2, 0.25) is 0 Å². The van der Waals surface area contributed by atoms with E-state index in [-0.39, 0.29) is 17.2 Å². The number of hydrogen-bond acceptors (Lipinski definition) is 4. The van der Waals surface area contributed by atoms with Gasteiger partial charge in [0.05, 0.1) is 11.4 Å². The lowest BCUT2D eigenvalue weighted by molar-refractivity contribution is -0.124. The highest BCUT2D eigenvalue weighted by Crippen LogP contribution is 2.25. The van der Waals surface area contributed by atoms with Crippen molar-refractivity contribution in [3.05, 3.63) is 83.2 Å². The van der Waals surface area contributed by atoms with Gasteiger partial charge in [-0.05, 0) is 54.5 Å². The van der Waals surface area contributed by atoms with E-state index >= 15 is 0 Å². The molecule has 0 aliphatic heterocycles. The van der Waals surface area contributed by atoms with Gasteiger partial charge in [-0.25, -0.2) is 0 Å². The van der Waals surface area contributed by atoms with Crippen LogP contribution in [0.1, 0.15) is 60.7 Å². The van der Waals surface area contributed by atoms with Crippen LogP contribution in [0, 0.1) is 6.92 Å². The number of amides is 2. The Bertz CT molecular complexity index is 1090. The fourth-order valence-electron chi connectivity index (χ4n) is 3.49. The molecule has 0 unspecified atom stereocenters. The zero-order valence-corrected chi connectivity index (χ0v) is 20.2. The Hall–Kier alpha value is -3.54. The SMILES string of the molecule is C=C(NC1CC1)C(=O)N(C)/C=C(\N)c1cccc(NC(=O)c2ccc(C(C)(C)C)cc2)c1C. The number of carbonyl (C=O) groups excluding carboxylic acids is 2. The number of rotatable bonds is 7. The Labute approximate surface area is 196 Å². The number of carbonyl (C=O) groups is 2. The van der Waals surface area contributed by atoms with Crippen LogP contribution in [-0.4, -0.2) is 29.8 Å². The molecule has 6 nitrogen and oxygen atoms in total. The summed E-state index contributed by atoms with van der Waals surface area (Å²) < 4.78 is 0. The number of hydrogen-bond donors (Lipinski definition) is 3. The third-order valence-corrected chi connectivity index (χ3v) is 5.77. The third kappa shape index (κ3) is 6.04. The molecule has 2 amide bonds. The molecular weight excluding hydrogens is 412 g/mol. The van der Waals surface area contributed by atoms with E-state index in [0.717, 1.165) is 24.0 Å². The first-order chi connectivity index (χ1) is 15.5. The number of anilines is 1. The van der Waals surface area contributed by atoms with E-state index in [1.54, 1.807) is 13.2 Å². The van der Waals surface area contributed by atoms with Crippen molar-refractivity contribution in [1.29, 1.82) is 0 Å². The van der Waals surface area contributed by atoms with Gasteiger partial charge >= 0.3 is 0 Å². The lowest BCUT2D eigenvalue weighted by Gasteiger charge is -2.19. The van der Waals surface area contributed by atoms with Crippen LogP contribution in [0.4, 0.5) is 5.69 Å². The molecule has 0 atom stereocenters. The number of benzene rings is 2. The lowest BCUT2D eigenvalue weighted by atomic mass is 9.86. The molecule has 3 rings (SSSR count). The molecule has 0 radical (unpaired) electrons. The maximum Gasteiger partial charge on any atom is 0.273 e. The fourth-order valence-corrected chi connectivity index (χ4v) is 3.49. The van der Waals surface area contributed by atoms with Gasteiger partial charge in [-0.2, -0.15) is 0 Å². The molecule has 1 fully saturated rings. The molecule has 1 aliphatic carbocycles. The Morgan fingerprint density at radius 2 is 1.76 bits per heavy atom. The Balaban J connectivity index is 1.74. The largest absolute Gasteiger partial charge is 0.397 e. The highest BCUT2D eigenvalue weighted by atomic mass is 16.2. The minimum Gasteiger partial charge on any atom is -0.397 e. The average Bonchev–Trinajstić information content (AvgIpc) is 3.57. The molecule has 1 saturated carbocycles. The van der Waals surface area contributed by atoms with Crippen LogP contribution in [0.5, 0.6) is 0 Å². The zero-order chi connectivity index (χ0) is 24.3. The van der Waals surface area contributed by atoms with Crippen molar-refractivity contribution < 1.29 is 9.59 Å². The van der Waals surface area contributed by atoms with E-state index in [4.69, 9.17) is 5.73 Å². The van der Waals surface area contributed by atoms with Crippen LogP contribution in [0.15, 0.2) is 60.9 Å². The second-order valence-electron chi connectivity index (χ2n) is 9.66. The quantitative estimate of drug-likeness (QED) is 0.546. The zero-order valence-electron chi connectivity index (χ0n) is 20.2. The second-order valence-corrected chi connectivity index (χ2v) is 9.66. The van der Waals surface area contributed by atoms with Crippen LogP contribution >= 0.6 is 0 Å². The lowest BCUT2D eigenvalue weighted by Crippen LogP contribution is -2.31. The maximum atomic E-state index is 12.8. The molecule has 0 spiro atoms. The van der Waals surface area contributed by atoms with E-state index in [1.165, 1.54) is 10.5 Å². The minimum absolute atomic E-state index is 0.0264. The molecule has 1 aliphatic rings. The normalized spacial score (nSPS) is 13.9. The van der Waals surface area contributed by atoms with Gasteiger partial charge in [-0.3, -0.25) is 9.59 Å². The van der Waals surface area contributed by atoms with Crippen LogP contribution in [0.3, 0.4) is 0 Å². The summed E-state index contributed by atoms with van der Waals surface area (Å²) in [5.74, 6) is -0.418. The summed E-state index contributed by atoms with van der Waals surface area (Å²) in [7, 11) is 1.65. The predicted octanol–water partition coefficient (Wildman–Crippen LogP) is 4.53. The van der Waals surface area contributed by atoms with Gasteiger partial charge in [0.1, 0.15) is 0 Å². The number of nitrogens with one attached hydrogen (secondary N) is 2. The van der Waals surface area contributed by atoms with Crippen LogP contribution < -0.4 is 16.4 Å². The van der Waals surface area contributed by atoms with Crippen molar-refractivity contribution in [3.8, 4) is 0 Å². The maximum absolute atomic E-state index is 12.8. The molecule has 0 aromatic heterocycles. The Morgan fingerprint density at radius 1 is 1.12 bits per heavy atom. The van der Waals surface area contributed by atoms with Crippen molar-refractivity contribution in [2.45, 2.75) is 52.0 Å². The average molecular weight is 447 g/mol. The van der Waals surface area contributed by atoms with E-state index < -0.39 is 0 Å². The van der Waals surface area contributed by atoms with Crippen molar-refractivity contribution in [2.24, 2.45) is 5.73 Å². The van der Waals surface area contributed by atoms with E-state index in [1.807, 2.05) is 49.4 Å². The van der Waals surface area contributed by atoms with Crippen molar-refractivity contribution in [1.82, 2.24) is 10.2 Å². The number of nitrogens with two attached hydrogens (primary N) is 1. The second kappa shape index (κ2) is 9.53. The summed E-state index contributed by atoms with van der Waals surface area (Å²) in [6, 6.07) is 13.5. The molecule has 0 saturated heterocycles. The monoisotopic (exact) mass is 446 g/mol. The predicted molar refractivity (Wildman–Crippen MR) is 135 cm³/mol. The van der Waals surface area contributed by atoms with Gasteiger partial charge < -0.3 is 21.3 Å². The highest BCUT2D eigenvalue weighted by Gasteiger charge is 2.24. The van der Waals surface area contributed by atoms with Crippen molar-refractivity contribution in [3.63, 3.8) is 0 Å². The highest BCUT2D eigenvalue weighted by molar-refractivity contribution is 6.05. The molecule has 0 bridgehead atoms.